The number of aromatic nitrogens is 6. The minimum absolute atomic E-state index is 0.261. The van der Waals surface area contributed by atoms with Crippen molar-refractivity contribution >= 4 is 63.7 Å². The van der Waals surface area contributed by atoms with Gasteiger partial charge in [0.15, 0.2) is 6.29 Å². The van der Waals surface area contributed by atoms with E-state index in [0.717, 1.165) is 39.3 Å². The zero-order chi connectivity index (χ0) is 47.9. The number of carbonyl (C=O) groups is 4. The normalized spacial score (nSPS) is 13.5. The number of ether oxygens (including phenoxy) is 3. The van der Waals surface area contributed by atoms with Gasteiger partial charge < -0.3 is 40.1 Å². The Bertz CT molecular complexity index is 2600. The Hall–Kier alpha value is -7.10. The lowest BCUT2D eigenvalue weighted by atomic mass is 10.1. The second-order valence-corrected chi connectivity index (χ2v) is 15.2. The summed E-state index contributed by atoms with van der Waals surface area (Å²) in [4.78, 5) is 65.0. The molecule has 66 heavy (non-hydrogen) atoms. The van der Waals surface area contributed by atoms with Crippen LogP contribution in [0.25, 0.3) is 22.1 Å². The first-order valence-corrected chi connectivity index (χ1v) is 21.7. The second-order valence-electron chi connectivity index (χ2n) is 15.2. The molecule has 7 N–H and O–H groups in total. The van der Waals surface area contributed by atoms with E-state index in [1.54, 1.807) is 69.2 Å². The summed E-state index contributed by atoms with van der Waals surface area (Å²) >= 11 is 0. The molecule has 0 aliphatic carbocycles. The zero-order valence-corrected chi connectivity index (χ0v) is 39.0. The first-order valence-electron chi connectivity index (χ1n) is 21.7. The van der Waals surface area contributed by atoms with Crippen LogP contribution in [0.5, 0.6) is 11.5 Å². The minimum atomic E-state index is -0.573. The van der Waals surface area contributed by atoms with Crippen molar-refractivity contribution < 1.29 is 33.4 Å². The van der Waals surface area contributed by atoms with Gasteiger partial charge in [0.05, 0.1) is 49.4 Å². The third-order valence-corrected chi connectivity index (χ3v) is 10.4. The number of imidazole rings is 2. The summed E-state index contributed by atoms with van der Waals surface area (Å²) in [6.07, 6.45) is 6.94. The molecule has 21 heteroatoms. The Morgan fingerprint density at radius 3 is 2.17 bits per heavy atom. The molecule has 0 atom stereocenters. The van der Waals surface area contributed by atoms with Crippen LogP contribution in [0.15, 0.2) is 59.2 Å². The Kier molecular flexibility index (Phi) is 17.9. The van der Waals surface area contributed by atoms with Crippen LogP contribution < -0.4 is 37.0 Å². The summed E-state index contributed by atoms with van der Waals surface area (Å²) in [6, 6.07) is 8.38. The number of allylic oxidation sites excluding steroid dienone is 4. The number of hydrazine groups is 1. The number of aryl methyl sites for hydroxylation is 2. The lowest BCUT2D eigenvalue weighted by molar-refractivity contribution is -0.102. The summed E-state index contributed by atoms with van der Waals surface area (Å²) in [5.41, 5.74) is 18.9. The lowest BCUT2D eigenvalue weighted by Gasteiger charge is -2.26. The molecule has 0 spiro atoms. The van der Waals surface area contributed by atoms with Crippen molar-refractivity contribution in [3.63, 3.8) is 0 Å². The number of hydrogen-bond donors (Lipinski definition) is 5. The van der Waals surface area contributed by atoms with Crippen molar-refractivity contribution in [3.8, 4) is 11.5 Å². The monoisotopic (exact) mass is 910 g/mol. The number of aldehydes is 1. The van der Waals surface area contributed by atoms with Gasteiger partial charge in [-0.15, -0.1) is 0 Å². The second kappa shape index (κ2) is 23.7. The number of nitrogens with one attached hydrogen (secondary N) is 3. The largest absolute Gasteiger partial charge is 0.494 e. The smallest absolute Gasteiger partial charge is 0.276 e. The number of fused-ring (bicyclic) bond motifs is 2. The van der Waals surface area contributed by atoms with Gasteiger partial charge in [0, 0.05) is 83.8 Å². The fourth-order valence-corrected chi connectivity index (χ4v) is 7.25. The van der Waals surface area contributed by atoms with E-state index in [9.17, 15) is 19.2 Å². The molecule has 5 aromatic rings. The summed E-state index contributed by atoms with van der Waals surface area (Å²) in [5, 5.41) is 11.9. The van der Waals surface area contributed by atoms with E-state index in [-0.39, 0.29) is 24.3 Å². The third kappa shape index (κ3) is 12.4. The van der Waals surface area contributed by atoms with Crippen molar-refractivity contribution in [2.75, 3.05) is 84.9 Å². The molecule has 6 rings (SSSR count). The highest BCUT2D eigenvalue weighted by molar-refractivity contribution is 6.33. The highest BCUT2D eigenvalue weighted by Crippen LogP contribution is 2.33. The number of nitrogens with zero attached hydrogens (tertiary/aromatic N) is 9. The average Bonchev–Trinajstić information content (AvgIpc) is 4.00. The molecule has 354 valence electrons. The minimum Gasteiger partial charge on any atom is -0.494 e. The van der Waals surface area contributed by atoms with E-state index in [2.05, 4.69) is 31.1 Å². The van der Waals surface area contributed by atoms with Gasteiger partial charge >= 0.3 is 0 Å². The number of benzene rings is 2. The molecule has 0 unspecified atom stereocenters. The fraction of sp³-hybridized carbons (Fsp3) is 0.422. The molecule has 1 saturated heterocycles. The highest BCUT2D eigenvalue weighted by Gasteiger charge is 2.23. The molecular weight excluding hydrogens is 849 g/mol. The van der Waals surface area contributed by atoms with Gasteiger partial charge in [0.2, 0.25) is 17.8 Å². The van der Waals surface area contributed by atoms with Crippen LogP contribution in [0.1, 0.15) is 64.1 Å². The Labute approximate surface area is 383 Å². The van der Waals surface area contributed by atoms with Gasteiger partial charge in [-0.2, -0.15) is 5.10 Å². The van der Waals surface area contributed by atoms with Crippen LogP contribution in [0, 0.1) is 6.92 Å². The van der Waals surface area contributed by atoms with E-state index in [1.165, 1.54) is 12.1 Å². The van der Waals surface area contributed by atoms with Crippen LogP contribution in [-0.4, -0.2) is 143 Å². The summed E-state index contributed by atoms with van der Waals surface area (Å²) in [6.45, 7) is 13.6. The molecule has 1 aliphatic rings. The van der Waals surface area contributed by atoms with Gasteiger partial charge in [-0.05, 0) is 70.5 Å². The molecule has 21 nitrogen and oxygen atoms in total. The number of hydrogen-bond acceptors (Lipinski definition) is 15. The predicted molar refractivity (Wildman–Crippen MR) is 254 cm³/mol. The lowest BCUT2D eigenvalue weighted by Crippen LogP contribution is -2.37. The highest BCUT2D eigenvalue weighted by atomic mass is 16.5. The number of anilines is 2. The molecule has 3 amide bonds. The maximum absolute atomic E-state index is 13.6. The number of amides is 3. The van der Waals surface area contributed by atoms with Crippen LogP contribution in [-0.2, 0) is 29.2 Å². The van der Waals surface area contributed by atoms with Crippen LogP contribution >= 0.6 is 0 Å². The maximum Gasteiger partial charge on any atom is 0.276 e. The van der Waals surface area contributed by atoms with Crippen LogP contribution in [0.2, 0.25) is 0 Å². The Morgan fingerprint density at radius 1 is 0.939 bits per heavy atom. The van der Waals surface area contributed by atoms with Crippen molar-refractivity contribution in [1.29, 1.82) is 0 Å². The number of aliphatic imine (C=N–C) groups is 1. The van der Waals surface area contributed by atoms with E-state index >= 15 is 0 Å². The first kappa shape index (κ1) is 49.9. The number of primary amides is 1. The topological polar surface area (TPSA) is 256 Å². The molecule has 1 aliphatic heterocycles. The van der Waals surface area contributed by atoms with E-state index in [4.69, 9.17) is 35.6 Å². The SMILES string of the molecule is CCN=C(C=O)/C=C(/C)N.CCn1nc(C)cc1C(=O)Nc1nc2cc(C(=O)N(C)NC)cc(OC)c2n1C/C=C/Cn1c(NC)nc2cc(C(N)=O)cc(OCCCN3CCOCC3)c21. The summed E-state index contributed by atoms with van der Waals surface area (Å²) < 4.78 is 23.0. The summed E-state index contributed by atoms with van der Waals surface area (Å²) in [7, 11) is 6.57. The molecule has 0 bridgehead atoms. The van der Waals surface area contributed by atoms with E-state index in [1.807, 2.05) is 42.1 Å². The van der Waals surface area contributed by atoms with Crippen LogP contribution in [0.3, 0.4) is 0 Å². The number of carbonyl (C=O) groups excluding carboxylic acids is 4. The third-order valence-electron chi connectivity index (χ3n) is 10.4. The molecular formula is C45H62N14O7. The van der Waals surface area contributed by atoms with Gasteiger partial charge in [-0.3, -0.25) is 44.1 Å². The Balaban J connectivity index is 0.000000730. The molecule has 4 heterocycles. The van der Waals surface area contributed by atoms with Gasteiger partial charge in [0.25, 0.3) is 11.8 Å². The quantitative estimate of drug-likeness (QED) is 0.0247. The fourth-order valence-electron chi connectivity index (χ4n) is 7.25. The predicted octanol–water partition coefficient (Wildman–Crippen LogP) is 3.38. The van der Waals surface area contributed by atoms with Crippen molar-refractivity contribution in [2.45, 2.75) is 53.8 Å². The van der Waals surface area contributed by atoms with Gasteiger partial charge in [-0.25, -0.2) is 15.4 Å². The number of nitrogens with two attached hydrogens (primary N) is 2. The van der Waals surface area contributed by atoms with Crippen LogP contribution in [0.4, 0.5) is 11.9 Å². The number of morpholine rings is 1. The molecule has 1 fully saturated rings. The van der Waals surface area contributed by atoms with E-state index in [0.29, 0.717) is 106 Å². The van der Waals surface area contributed by atoms with Gasteiger partial charge in [0.1, 0.15) is 28.2 Å². The molecule has 0 saturated carbocycles. The van der Waals surface area contributed by atoms with Gasteiger partial charge in [-0.1, -0.05) is 12.2 Å². The summed E-state index contributed by atoms with van der Waals surface area (Å²) in [5.74, 6) is 0.504. The number of methoxy groups -OCH3 is 1. The van der Waals surface area contributed by atoms with E-state index < -0.39 is 5.91 Å². The number of rotatable bonds is 20. The molecule has 0 radical (unpaired) electrons. The average molecular weight is 911 g/mol. The maximum atomic E-state index is 13.6. The Morgan fingerprint density at radius 2 is 1.58 bits per heavy atom. The van der Waals surface area contributed by atoms with Crippen molar-refractivity contribution in [3.05, 3.63) is 76.8 Å². The van der Waals surface area contributed by atoms with Crippen molar-refractivity contribution in [2.24, 2.45) is 16.5 Å². The van der Waals surface area contributed by atoms with Crippen molar-refractivity contribution in [1.82, 2.24) is 44.2 Å². The zero-order valence-electron chi connectivity index (χ0n) is 39.0. The molecule has 2 aromatic carbocycles. The first-order chi connectivity index (χ1) is 31.8. The standard InChI is InChI=1S/C38H50N12O6.C7H12N2O/c1-7-50-29(19-24(2)45-50)35(52)44-38-43-28-21-26(36(53)46(5)41-4)23-30(54-6)32(28)49(38)13-9-8-12-48-33-27(42-37(48)40-3)20-25(34(39)51)22-31(33)56-16-10-11-47-14-17-55-18-15-47;1-3-9-7(5-10)4-6(2)8/h8-9,19-23,41H,7,10-18H2,1-6H3,(H2,39,51)(H,40,42)(H,43,44,52);4-5H,3,8H2,1-2H3/b9-8+;6-4-,9-7?. The molecule has 3 aromatic heterocycles.